The number of likely N-dealkylation sites (tertiary alicyclic amines) is 1. The van der Waals surface area contributed by atoms with Crippen LogP contribution in [0.5, 0.6) is 0 Å². The highest BCUT2D eigenvalue weighted by Gasteiger charge is 2.37. The van der Waals surface area contributed by atoms with Crippen molar-refractivity contribution >= 4 is 34.5 Å². The second-order valence-corrected chi connectivity index (χ2v) is 9.65. The quantitative estimate of drug-likeness (QED) is 0.363. The fourth-order valence-electron chi connectivity index (χ4n) is 4.87. The number of benzene rings is 2. The lowest BCUT2D eigenvalue weighted by molar-refractivity contribution is -0.165. The molecule has 40 heavy (non-hydrogen) atoms. The minimum Gasteiger partial charge on any atom is -0.478 e. The van der Waals surface area contributed by atoms with E-state index in [9.17, 15) is 32.3 Å². The molecule has 1 fully saturated rings. The Morgan fingerprint density at radius 1 is 1.05 bits per heavy atom. The van der Waals surface area contributed by atoms with Crippen molar-refractivity contribution in [1.29, 1.82) is 0 Å². The number of rotatable bonds is 11. The van der Waals surface area contributed by atoms with Crippen LogP contribution in [0.25, 0.3) is 10.8 Å². The highest BCUT2D eigenvalue weighted by molar-refractivity contribution is 5.89. The van der Waals surface area contributed by atoms with E-state index >= 15 is 0 Å². The van der Waals surface area contributed by atoms with E-state index in [0.29, 0.717) is 25.9 Å². The van der Waals surface area contributed by atoms with Gasteiger partial charge in [-0.1, -0.05) is 48.5 Å². The van der Waals surface area contributed by atoms with Crippen LogP contribution in [0, 0.1) is 0 Å². The van der Waals surface area contributed by atoms with Gasteiger partial charge in [0.25, 0.3) is 0 Å². The van der Waals surface area contributed by atoms with Crippen LogP contribution in [0.4, 0.5) is 13.2 Å². The number of amides is 3. The van der Waals surface area contributed by atoms with Crippen molar-refractivity contribution in [3.05, 3.63) is 60.2 Å². The molecular weight excluding hydrogens is 529 g/mol. The molecule has 1 unspecified atom stereocenters. The maximum atomic E-state index is 13.1. The Hall–Kier alpha value is -3.93. The topological polar surface area (TPSA) is 119 Å². The van der Waals surface area contributed by atoms with E-state index in [4.69, 9.17) is 5.11 Å². The molecule has 0 bridgehead atoms. The second-order valence-electron chi connectivity index (χ2n) is 9.65. The lowest BCUT2D eigenvalue weighted by atomic mass is 9.95. The van der Waals surface area contributed by atoms with Crippen LogP contribution < -0.4 is 10.6 Å². The molecule has 216 valence electrons. The van der Waals surface area contributed by atoms with Crippen molar-refractivity contribution in [2.75, 3.05) is 32.7 Å². The van der Waals surface area contributed by atoms with Gasteiger partial charge in [-0.3, -0.25) is 19.3 Å². The number of carboxylic acids is 1. The standard InChI is InChI=1S/C28H33F3N4O5/c1-19(22-9-4-7-20-6-2-3-8-23(20)22)34-14-11-21(12-15-34)35(26(38)16-28(29,30)31)18-25(37)33-17-24(36)32-13-5-10-27(39)40/h2-10,19,21H,11-18H2,1H3,(H,32,36)(H,33,37)(H,39,40)/b10-5+. The number of hydrogen-bond donors (Lipinski definition) is 3. The van der Waals surface area contributed by atoms with Gasteiger partial charge in [0, 0.05) is 37.8 Å². The van der Waals surface area contributed by atoms with E-state index in [1.807, 2.05) is 30.3 Å². The average Bonchev–Trinajstić information content (AvgIpc) is 2.91. The zero-order valence-corrected chi connectivity index (χ0v) is 22.1. The molecule has 0 saturated carbocycles. The minimum absolute atomic E-state index is 0.0403. The van der Waals surface area contributed by atoms with Gasteiger partial charge in [-0.25, -0.2) is 4.79 Å². The minimum atomic E-state index is -4.72. The number of piperidine rings is 1. The number of aliphatic carboxylic acids is 1. The van der Waals surface area contributed by atoms with Crippen molar-refractivity contribution < 1.29 is 37.5 Å². The molecule has 1 aliphatic heterocycles. The van der Waals surface area contributed by atoms with Gasteiger partial charge in [-0.2, -0.15) is 13.2 Å². The first-order valence-corrected chi connectivity index (χ1v) is 13.0. The van der Waals surface area contributed by atoms with Crippen molar-refractivity contribution in [2.45, 2.75) is 44.4 Å². The molecule has 1 heterocycles. The van der Waals surface area contributed by atoms with Crippen molar-refractivity contribution in [2.24, 2.45) is 0 Å². The molecule has 1 saturated heterocycles. The molecule has 0 spiro atoms. The zero-order valence-electron chi connectivity index (χ0n) is 22.1. The van der Waals surface area contributed by atoms with Crippen LogP contribution in [0.1, 0.15) is 37.8 Å². The summed E-state index contributed by atoms with van der Waals surface area (Å²) < 4.78 is 39.2. The number of nitrogens with zero attached hydrogens (tertiary/aromatic N) is 2. The molecule has 1 aliphatic rings. The van der Waals surface area contributed by atoms with Gasteiger partial charge in [0.1, 0.15) is 6.42 Å². The lowest BCUT2D eigenvalue weighted by Crippen LogP contribution is -2.52. The van der Waals surface area contributed by atoms with E-state index in [-0.39, 0.29) is 12.6 Å². The van der Waals surface area contributed by atoms with Crippen molar-refractivity contribution in [3.63, 3.8) is 0 Å². The van der Waals surface area contributed by atoms with Crippen molar-refractivity contribution in [1.82, 2.24) is 20.4 Å². The summed E-state index contributed by atoms with van der Waals surface area (Å²) in [7, 11) is 0. The third-order valence-electron chi connectivity index (χ3n) is 6.87. The van der Waals surface area contributed by atoms with Crippen LogP contribution >= 0.6 is 0 Å². The Morgan fingerprint density at radius 3 is 2.40 bits per heavy atom. The van der Waals surface area contributed by atoms with Gasteiger partial charge in [0.15, 0.2) is 0 Å². The average molecular weight is 563 g/mol. The van der Waals surface area contributed by atoms with Gasteiger partial charge >= 0.3 is 12.1 Å². The maximum absolute atomic E-state index is 13.1. The van der Waals surface area contributed by atoms with Gasteiger partial charge in [0.2, 0.25) is 17.7 Å². The number of carbonyl (C=O) groups excluding carboxylic acids is 3. The van der Waals surface area contributed by atoms with E-state index in [2.05, 4.69) is 34.6 Å². The smallest absolute Gasteiger partial charge is 0.397 e. The highest BCUT2D eigenvalue weighted by atomic mass is 19.4. The van der Waals surface area contributed by atoms with Gasteiger partial charge in [-0.15, -0.1) is 0 Å². The monoisotopic (exact) mass is 562 g/mol. The first-order chi connectivity index (χ1) is 18.9. The fraction of sp³-hybridized carbons (Fsp3) is 0.429. The number of fused-ring (bicyclic) bond motifs is 1. The Bertz CT molecular complexity index is 1240. The SMILES string of the molecule is CC(c1cccc2ccccc12)N1CCC(N(CC(=O)NCC(=O)NC/C=C/C(=O)O)C(=O)CC(F)(F)F)CC1. The van der Waals surface area contributed by atoms with Gasteiger partial charge in [-0.05, 0) is 36.1 Å². The summed E-state index contributed by atoms with van der Waals surface area (Å²) in [5.41, 5.74) is 1.14. The lowest BCUT2D eigenvalue weighted by Gasteiger charge is -2.41. The zero-order chi connectivity index (χ0) is 29.3. The van der Waals surface area contributed by atoms with E-state index < -0.39 is 55.4 Å². The fourth-order valence-corrected chi connectivity index (χ4v) is 4.87. The molecule has 0 aliphatic carbocycles. The molecule has 0 aromatic heterocycles. The summed E-state index contributed by atoms with van der Waals surface area (Å²) in [6, 6.07) is 13.6. The summed E-state index contributed by atoms with van der Waals surface area (Å²) in [6.45, 7) is 1.97. The van der Waals surface area contributed by atoms with Crippen molar-refractivity contribution in [3.8, 4) is 0 Å². The Kier molecular flexibility index (Phi) is 10.7. The summed E-state index contributed by atoms with van der Waals surface area (Å²) >= 11 is 0. The number of halogens is 3. The van der Waals surface area contributed by atoms with Gasteiger partial charge < -0.3 is 20.6 Å². The van der Waals surface area contributed by atoms with E-state index in [1.165, 1.54) is 6.08 Å². The largest absolute Gasteiger partial charge is 0.478 e. The molecule has 0 radical (unpaired) electrons. The van der Waals surface area contributed by atoms with E-state index in [1.54, 1.807) is 0 Å². The molecule has 12 heteroatoms. The van der Waals surface area contributed by atoms with E-state index in [0.717, 1.165) is 27.3 Å². The molecule has 1 atom stereocenters. The highest BCUT2D eigenvalue weighted by Crippen LogP contribution is 2.31. The molecule has 3 amide bonds. The predicted octanol–water partition coefficient (Wildman–Crippen LogP) is 3.02. The Labute approximate surface area is 230 Å². The third kappa shape index (κ3) is 9.08. The maximum Gasteiger partial charge on any atom is 0.397 e. The molecule has 3 rings (SSSR count). The van der Waals surface area contributed by atoms with Crippen LogP contribution in [0.2, 0.25) is 0 Å². The summed E-state index contributed by atoms with van der Waals surface area (Å²) in [4.78, 5) is 50.6. The summed E-state index contributed by atoms with van der Waals surface area (Å²) in [5.74, 6) is -3.75. The first kappa shape index (κ1) is 30.6. The summed E-state index contributed by atoms with van der Waals surface area (Å²) in [6.07, 6.45) is -3.57. The van der Waals surface area contributed by atoms with Crippen LogP contribution in [-0.2, 0) is 19.2 Å². The molecule has 9 nitrogen and oxygen atoms in total. The Morgan fingerprint density at radius 2 is 1.73 bits per heavy atom. The number of nitrogens with one attached hydrogen (secondary N) is 2. The number of hydrogen-bond acceptors (Lipinski definition) is 5. The number of carboxylic acid groups (broad SMARTS) is 1. The number of carbonyl (C=O) groups is 4. The van der Waals surface area contributed by atoms with Crippen LogP contribution in [0.15, 0.2) is 54.6 Å². The van der Waals surface area contributed by atoms with Crippen LogP contribution in [0.3, 0.4) is 0 Å². The van der Waals surface area contributed by atoms with Gasteiger partial charge in [0.05, 0.1) is 13.1 Å². The molecule has 2 aromatic carbocycles. The second kappa shape index (κ2) is 13.9. The molecular formula is C28H33F3N4O5. The van der Waals surface area contributed by atoms with Crippen LogP contribution in [-0.4, -0.2) is 83.5 Å². The number of alkyl halides is 3. The molecule has 3 N–H and O–H groups in total. The molecule has 2 aromatic rings. The first-order valence-electron chi connectivity index (χ1n) is 13.0. The Balaban J connectivity index is 1.61. The summed E-state index contributed by atoms with van der Waals surface area (Å²) in [5, 5.41) is 15.4. The normalized spacial score (nSPS) is 15.6. The predicted molar refractivity (Wildman–Crippen MR) is 142 cm³/mol. The third-order valence-corrected chi connectivity index (χ3v) is 6.87.